The molecule has 1 amide bonds. The van der Waals surface area contributed by atoms with E-state index in [0.29, 0.717) is 16.8 Å². The molecule has 3 aromatic carbocycles. The standard InChI is InChI=1S/C24H26N2O3S/c1-4-22(19-8-6-5-7-9-19)25-24(27)20-13-12-18(3)23(16-20)30(28,29)26-21-14-10-17(2)11-15-21/h5-16,22,26H,4H2,1-3H3,(H,25,27)/t22-/m0/s1. The van der Waals surface area contributed by atoms with Gasteiger partial charge in [-0.25, -0.2) is 8.42 Å². The maximum atomic E-state index is 12.9. The lowest BCUT2D eigenvalue weighted by Gasteiger charge is -2.18. The minimum absolute atomic E-state index is 0.0866. The molecule has 0 heterocycles. The van der Waals surface area contributed by atoms with E-state index in [2.05, 4.69) is 10.0 Å². The number of amides is 1. The monoisotopic (exact) mass is 422 g/mol. The Bertz CT molecular complexity index is 1120. The van der Waals surface area contributed by atoms with E-state index in [1.807, 2.05) is 56.3 Å². The second-order valence-electron chi connectivity index (χ2n) is 7.30. The third-order valence-electron chi connectivity index (χ3n) is 4.96. The molecule has 0 radical (unpaired) electrons. The lowest BCUT2D eigenvalue weighted by Crippen LogP contribution is -2.28. The van der Waals surface area contributed by atoms with Crippen molar-refractivity contribution in [3.05, 3.63) is 95.1 Å². The molecule has 0 unspecified atom stereocenters. The number of anilines is 1. The van der Waals surface area contributed by atoms with Crippen molar-refractivity contribution < 1.29 is 13.2 Å². The topological polar surface area (TPSA) is 75.3 Å². The summed E-state index contributed by atoms with van der Waals surface area (Å²) in [5.41, 5.74) is 3.40. The Kier molecular flexibility index (Phi) is 6.57. The molecule has 2 N–H and O–H groups in total. The van der Waals surface area contributed by atoms with Crippen LogP contribution in [0.25, 0.3) is 0 Å². The molecule has 3 aromatic rings. The van der Waals surface area contributed by atoms with E-state index in [1.54, 1.807) is 31.2 Å². The zero-order valence-corrected chi connectivity index (χ0v) is 18.2. The van der Waals surface area contributed by atoms with Gasteiger partial charge in [-0.05, 0) is 55.7 Å². The lowest BCUT2D eigenvalue weighted by atomic mass is 10.0. The molecule has 5 nitrogen and oxygen atoms in total. The first-order valence-corrected chi connectivity index (χ1v) is 11.3. The van der Waals surface area contributed by atoms with Gasteiger partial charge in [-0.1, -0.05) is 61.0 Å². The number of carbonyl (C=O) groups is 1. The molecule has 0 spiro atoms. The van der Waals surface area contributed by atoms with Gasteiger partial charge in [0.25, 0.3) is 15.9 Å². The summed E-state index contributed by atoms with van der Waals surface area (Å²) in [5.74, 6) is -0.308. The fourth-order valence-corrected chi connectivity index (χ4v) is 4.54. The summed E-state index contributed by atoms with van der Waals surface area (Å²) in [5, 5.41) is 3.00. The van der Waals surface area contributed by atoms with E-state index >= 15 is 0 Å². The van der Waals surface area contributed by atoms with Gasteiger partial charge in [-0.2, -0.15) is 0 Å². The Balaban J connectivity index is 1.85. The molecule has 0 aliphatic rings. The van der Waals surface area contributed by atoms with Crippen LogP contribution in [0.1, 0.15) is 46.4 Å². The van der Waals surface area contributed by atoms with Gasteiger partial charge in [0.05, 0.1) is 10.9 Å². The Morgan fingerprint density at radius 2 is 1.60 bits per heavy atom. The highest BCUT2D eigenvalue weighted by Crippen LogP contribution is 2.22. The summed E-state index contributed by atoms with van der Waals surface area (Å²) >= 11 is 0. The Morgan fingerprint density at radius 1 is 0.933 bits per heavy atom. The molecule has 0 saturated heterocycles. The van der Waals surface area contributed by atoms with Crippen molar-refractivity contribution in [3.8, 4) is 0 Å². The van der Waals surface area contributed by atoms with Gasteiger partial charge in [0.2, 0.25) is 0 Å². The third kappa shape index (κ3) is 5.07. The van der Waals surface area contributed by atoms with Crippen molar-refractivity contribution in [1.82, 2.24) is 5.32 Å². The minimum Gasteiger partial charge on any atom is -0.345 e. The van der Waals surface area contributed by atoms with Crippen molar-refractivity contribution >= 4 is 21.6 Å². The van der Waals surface area contributed by atoms with Crippen LogP contribution in [0.15, 0.2) is 77.7 Å². The molecule has 156 valence electrons. The molecule has 0 aliphatic heterocycles. The number of rotatable bonds is 7. The largest absolute Gasteiger partial charge is 0.345 e. The number of sulfonamides is 1. The maximum absolute atomic E-state index is 12.9. The smallest absolute Gasteiger partial charge is 0.262 e. The average molecular weight is 423 g/mol. The van der Waals surface area contributed by atoms with Crippen LogP contribution < -0.4 is 10.0 Å². The molecule has 0 aliphatic carbocycles. The predicted octanol–water partition coefficient (Wildman–Crippen LogP) is 4.99. The number of hydrogen-bond donors (Lipinski definition) is 2. The normalized spacial score (nSPS) is 12.2. The van der Waals surface area contributed by atoms with Crippen LogP contribution in [0.3, 0.4) is 0 Å². The fourth-order valence-electron chi connectivity index (χ4n) is 3.21. The number of aryl methyl sites for hydroxylation is 2. The molecule has 3 rings (SSSR count). The molecule has 0 aromatic heterocycles. The van der Waals surface area contributed by atoms with E-state index in [4.69, 9.17) is 0 Å². The number of carbonyl (C=O) groups excluding carboxylic acids is 1. The molecule has 1 atom stereocenters. The van der Waals surface area contributed by atoms with Gasteiger partial charge in [-0.15, -0.1) is 0 Å². The number of benzene rings is 3. The van der Waals surface area contributed by atoms with Crippen LogP contribution in [0.4, 0.5) is 5.69 Å². The van der Waals surface area contributed by atoms with Gasteiger partial charge in [0, 0.05) is 11.3 Å². The lowest BCUT2D eigenvalue weighted by molar-refractivity contribution is 0.0935. The van der Waals surface area contributed by atoms with Crippen molar-refractivity contribution in [2.24, 2.45) is 0 Å². The summed E-state index contributed by atoms with van der Waals surface area (Å²) in [7, 11) is -3.83. The fraction of sp³-hybridized carbons (Fsp3) is 0.208. The molecule has 30 heavy (non-hydrogen) atoms. The highest BCUT2D eigenvalue weighted by atomic mass is 32.2. The molecular weight excluding hydrogens is 396 g/mol. The first kappa shape index (κ1) is 21.6. The van der Waals surface area contributed by atoms with Gasteiger partial charge in [0.1, 0.15) is 0 Å². The van der Waals surface area contributed by atoms with E-state index in [1.165, 1.54) is 6.07 Å². The predicted molar refractivity (Wildman–Crippen MR) is 120 cm³/mol. The second kappa shape index (κ2) is 9.13. The third-order valence-corrected chi connectivity index (χ3v) is 6.48. The minimum atomic E-state index is -3.83. The van der Waals surface area contributed by atoms with Gasteiger partial charge < -0.3 is 5.32 Å². The summed E-state index contributed by atoms with van der Waals surface area (Å²) in [6.07, 6.45) is 0.724. The van der Waals surface area contributed by atoms with Crippen molar-refractivity contribution in [2.45, 2.75) is 38.1 Å². The molecule has 6 heteroatoms. The number of nitrogens with one attached hydrogen (secondary N) is 2. The first-order valence-electron chi connectivity index (χ1n) is 9.86. The second-order valence-corrected chi connectivity index (χ2v) is 8.95. The van der Waals surface area contributed by atoms with Crippen LogP contribution in [0.2, 0.25) is 0 Å². The van der Waals surface area contributed by atoms with Crippen LogP contribution in [-0.4, -0.2) is 14.3 Å². The van der Waals surface area contributed by atoms with E-state index in [9.17, 15) is 13.2 Å². The van der Waals surface area contributed by atoms with Crippen LogP contribution in [-0.2, 0) is 10.0 Å². The summed E-state index contributed by atoms with van der Waals surface area (Å²) in [4.78, 5) is 12.9. The Labute approximate surface area is 178 Å². The molecule has 0 saturated carbocycles. The highest BCUT2D eigenvalue weighted by molar-refractivity contribution is 7.92. The zero-order valence-electron chi connectivity index (χ0n) is 17.3. The van der Waals surface area contributed by atoms with Crippen molar-refractivity contribution in [1.29, 1.82) is 0 Å². The molecule has 0 fully saturated rings. The van der Waals surface area contributed by atoms with Crippen molar-refractivity contribution in [2.75, 3.05) is 4.72 Å². The quantitative estimate of drug-likeness (QED) is 0.563. The van der Waals surface area contributed by atoms with Crippen molar-refractivity contribution in [3.63, 3.8) is 0 Å². The maximum Gasteiger partial charge on any atom is 0.262 e. The number of hydrogen-bond acceptors (Lipinski definition) is 3. The molecular formula is C24H26N2O3S. The zero-order chi connectivity index (χ0) is 21.7. The summed E-state index contributed by atoms with van der Waals surface area (Å²) < 4.78 is 28.5. The van der Waals surface area contributed by atoms with Gasteiger partial charge in [-0.3, -0.25) is 9.52 Å². The summed E-state index contributed by atoms with van der Waals surface area (Å²) in [6.45, 7) is 5.64. The van der Waals surface area contributed by atoms with Crippen LogP contribution in [0.5, 0.6) is 0 Å². The van der Waals surface area contributed by atoms with Crippen LogP contribution in [0, 0.1) is 13.8 Å². The first-order chi connectivity index (χ1) is 14.3. The SMILES string of the molecule is CC[C@H](NC(=O)c1ccc(C)c(S(=O)(=O)Nc2ccc(C)cc2)c1)c1ccccc1. The van der Waals surface area contributed by atoms with E-state index in [0.717, 1.165) is 17.5 Å². The average Bonchev–Trinajstić information content (AvgIpc) is 2.74. The molecule has 0 bridgehead atoms. The Hall–Kier alpha value is -3.12. The van der Waals surface area contributed by atoms with E-state index in [-0.39, 0.29) is 16.8 Å². The van der Waals surface area contributed by atoms with Gasteiger partial charge in [0.15, 0.2) is 0 Å². The van der Waals surface area contributed by atoms with Crippen LogP contribution >= 0.6 is 0 Å². The highest BCUT2D eigenvalue weighted by Gasteiger charge is 2.21. The van der Waals surface area contributed by atoms with E-state index < -0.39 is 10.0 Å². The van der Waals surface area contributed by atoms with Gasteiger partial charge >= 0.3 is 0 Å². The Morgan fingerprint density at radius 3 is 2.23 bits per heavy atom. The summed E-state index contributed by atoms with van der Waals surface area (Å²) in [6, 6.07) is 21.4.